The van der Waals surface area contributed by atoms with Gasteiger partial charge in [0.15, 0.2) is 0 Å². The molecule has 20 heavy (non-hydrogen) atoms. The van der Waals surface area contributed by atoms with Crippen LogP contribution in [-0.4, -0.2) is 21.7 Å². The van der Waals surface area contributed by atoms with E-state index in [9.17, 15) is 4.79 Å². The average Bonchev–Trinajstić information content (AvgIpc) is 2.91. The smallest absolute Gasteiger partial charge is 0.222 e. The number of nitrogens with one attached hydrogen (secondary N) is 1. The molecule has 0 aliphatic carbocycles. The van der Waals surface area contributed by atoms with Crippen molar-refractivity contribution in [3.63, 3.8) is 0 Å². The second-order valence-electron chi connectivity index (χ2n) is 4.98. The van der Waals surface area contributed by atoms with Crippen molar-refractivity contribution < 1.29 is 4.79 Å². The minimum Gasteiger partial charge on any atom is -0.349 e. The summed E-state index contributed by atoms with van der Waals surface area (Å²) in [6.45, 7) is 3.78. The zero-order chi connectivity index (χ0) is 14.5. The molecule has 0 aliphatic rings. The molecule has 0 bridgehead atoms. The topological polar surface area (TPSA) is 72.9 Å². The van der Waals surface area contributed by atoms with Crippen LogP contribution in [0.15, 0.2) is 42.7 Å². The number of amides is 1. The summed E-state index contributed by atoms with van der Waals surface area (Å²) >= 11 is 0. The molecule has 5 heteroatoms. The number of nitrogens with zero attached hydrogens (tertiary/aromatic N) is 2. The van der Waals surface area contributed by atoms with Crippen molar-refractivity contribution in [1.82, 2.24) is 15.1 Å². The molecule has 0 saturated heterocycles. The predicted octanol–water partition coefficient (Wildman–Crippen LogP) is 1.79. The van der Waals surface area contributed by atoms with E-state index < -0.39 is 0 Å². The Kier molecular flexibility index (Phi) is 4.53. The Morgan fingerprint density at radius 3 is 2.75 bits per heavy atom. The first kappa shape index (κ1) is 14.3. The van der Waals surface area contributed by atoms with Crippen LogP contribution < -0.4 is 11.1 Å². The lowest BCUT2D eigenvalue weighted by Gasteiger charge is -2.18. The Bertz CT molecular complexity index is 563. The van der Waals surface area contributed by atoms with Crippen molar-refractivity contribution in [3.05, 3.63) is 48.3 Å². The highest BCUT2D eigenvalue weighted by Gasteiger charge is 2.14. The van der Waals surface area contributed by atoms with Crippen molar-refractivity contribution >= 4 is 5.91 Å². The Morgan fingerprint density at radius 2 is 2.10 bits per heavy atom. The Labute approximate surface area is 118 Å². The Hall–Kier alpha value is -2.14. The van der Waals surface area contributed by atoms with Gasteiger partial charge in [-0.15, -0.1) is 0 Å². The summed E-state index contributed by atoms with van der Waals surface area (Å²) in [5, 5.41) is 7.21. The van der Waals surface area contributed by atoms with Gasteiger partial charge in [-0.3, -0.25) is 4.79 Å². The van der Waals surface area contributed by atoms with Gasteiger partial charge in [0, 0.05) is 24.9 Å². The van der Waals surface area contributed by atoms with Crippen LogP contribution in [0.3, 0.4) is 0 Å². The lowest BCUT2D eigenvalue weighted by atomic mass is 10.1. The van der Waals surface area contributed by atoms with Crippen LogP contribution in [0, 0.1) is 0 Å². The quantitative estimate of drug-likeness (QED) is 0.871. The van der Waals surface area contributed by atoms with Crippen LogP contribution in [-0.2, 0) is 4.79 Å². The Morgan fingerprint density at radius 1 is 1.35 bits per heavy atom. The third kappa shape index (κ3) is 3.45. The molecular formula is C15H20N4O. The van der Waals surface area contributed by atoms with E-state index in [4.69, 9.17) is 5.73 Å². The van der Waals surface area contributed by atoms with Gasteiger partial charge in [0.05, 0.1) is 11.7 Å². The molecule has 3 N–H and O–H groups in total. The zero-order valence-corrected chi connectivity index (χ0v) is 11.8. The number of rotatable bonds is 5. The van der Waals surface area contributed by atoms with Crippen LogP contribution in [0.2, 0.25) is 0 Å². The van der Waals surface area contributed by atoms with Crippen molar-refractivity contribution in [2.45, 2.75) is 32.4 Å². The van der Waals surface area contributed by atoms with E-state index in [1.807, 2.05) is 50.4 Å². The first-order valence-corrected chi connectivity index (χ1v) is 6.72. The molecular weight excluding hydrogens is 252 g/mol. The fraction of sp³-hybridized carbons (Fsp3) is 0.333. The lowest BCUT2D eigenvalue weighted by molar-refractivity contribution is -0.121. The number of nitrogens with two attached hydrogens (primary N) is 1. The van der Waals surface area contributed by atoms with Crippen LogP contribution >= 0.6 is 0 Å². The summed E-state index contributed by atoms with van der Waals surface area (Å²) in [7, 11) is 0. The fourth-order valence-corrected chi connectivity index (χ4v) is 2.14. The molecule has 1 heterocycles. The third-order valence-corrected chi connectivity index (χ3v) is 3.04. The number of para-hydroxylation sites is 1. The summed E-state index contributed by atoms with van der Waals surface area (Å²) in [6, 6.07) is 9.53. The van der Waals surface area contributed by atoms with Gasteiger partial charge >= 0.3 is 0 Å². The van der Waals surface area contributed by atoms with Gasteiger partial charge in [0.25, 0.3) is 0 Å². The van der Waals surface area contributed by atoms with Crippen LogP contribution in [0.4, 0.5) is 0 Å². The predicted molar refractivity (Wildman–Crippen MR) is 78.4 cm³/mol. The van der Waals surface area contributed by atoms with Gasteiger partial charge in [0.2, 0.25) is 5.91 Å². The molecule has 5 nitrogen and oxygen atoms in total. The highest BCUT2D eigenvalue weighted by molar-refractivity contribution is 5.77. The maximum absolute atomic E-state index is 11.8. The van der Waals surface area contributed by atoms with Gasteiger partial charge in [0.1, 0.15) is 0 Å². The zero-order valence-electron chi connectivity index (χ0n) is 11.8. The number of benzene rings is 1. The van der Waals surface area contributed by atoms with Crippen LogP contribution in [0.1, 0.15) is 31.9 Å². The first-order valence-electron chi connectivity index (χ1n) is 6.72. The van der Waals surface area contributed by atoms with Crippen molar-refractivity contribution in [2.75, 3.05) is 0 Å². The highest BCUT2D eigenvalue weighted by atomic mass is 16.1. The highest BCUT2D eigenvalue weighted by Crippen LogP contribution is 2.20. The third-order valence-electron chi connectivity index (χ3n) is 3.04. The summed E-state index contributed by atoms with van der Waals surface area (Å²) in [5.74, 6) is -0.0391. The second kappa shape index (κ2) is 6.34. The van der Waals surface area contributed by atoms with Gasteiger partial charge in [-0.1, -0.05) is 18.2 Å². The van der Waals surface area contributed by atoms with E-state index in [0.29, 0.717) is 6.42 Å². The number of hydrogen-bond acceptors (Lipinski definition) is 3. The van der Waals surface area contributed by atoms with E-state index in [1.54, 1.807) is 10.9 Å². The van der Waals surface area contributed by atoms with Crippen LogP contribution in [0.5, 0.6) is 0 Å². The molecule has 2 atom stereocenters. The summed E-state index contributed by atoms with van der Waals surface area (Å²) in [4.78, 5) is 11.8. The van der Waals surface area contributed by atoms with Gasteiger partial charge in [-0.25, -0.2) is 4.68 Å². The van der Waals surface area contributed by atoms with Crippen molar-refractivity contribution in [1.29, 1.82) is 0 Å². The van der Waals surface area contributed by atoms with Gasteiger partial charge in [-0.05, 0) is 31.5 Å². The fourth-order valence-electron chi connectivity index (χ4n) is 2.14. The number of carbonyl (C=O) groups excluding carboxylic acids is 1. The monoisotopic (exact) mass is 272 g/mol. The van der Waals surface area contributed by atoms with E-state index in [1.165, 1.54) is 0 Å². The summed E-state index contributed by atoms with van der Waals surface area (Å²) in [5.41, 5.74) is 7.63. The largest absolute Gasteiger partial charge is 0.349 e. The van der Waals surface area contributed by atoms with Crippen molar-refractivity contribution in [2.24, 2.45) is 5.73 Å². The van der Waals surface area contributed by atoms with Gasteiger partial charge in [-0.2, -0.15) is 5.10 Å². The summed E-state index contributed by atoms with van der Waals surface area (Å²) in [6.07, 6.45) is 3.94. The SMILES string of the molecule is CC(N)CC(=O)NC(C)c1ccccc1-n1cccn1. The van der Waals surface area contributed by atoms with E-state index in [0.717, 1.165) is 11.3 Å². The molecule has 1 amide bonds. The standard InChI is InChI=1S/C15H20N4O/c1-11(16)10-15(20)18-12(2)13-6-3-4-7-14(13)19-9-5-8-17-19/h3-9,11-12H,10,16H2,1-2H3,(H,18,20). The molecule has 0 saturated carbocycles. The maximum Gasteiger partial charge on any atom is 0.222 e. The minimum atomic E-state index is -0.136. The van der Waals surface area contributed by atoms with Crippen molar-refractivity contribution in [3.8, 4) is 5.69 Å². The van der Waals surface area contributed by atoms with Crippen LogP contribution in [0.25, 0.3) is 5.69 Å². The molecule has 2 unspecified atom stereocenters. The normalized spacial score (nSPS) is 13.8. The number of hydrogen-bond donors (Lipinski definition) is 2. The summed E-state index contributed by atoms with van der Waals surface area (Å²) < 4.78 is 1.80. The molecule has 1 aromatic carbocycles. The second-order valence-corrected chi connectivity index (χ2v) is 4.98. The molecule has 106 valence electrons. The number of aromatic nitrogens is 2. The van der Waals surface area contributed by atoms with Gasteiger partial charge < -0.3 is 11.1 Å². The average molecular weight is 272 g/mol. The molecule has 1 aromatic heterocycles. The first-order chi connectivity index (χ1) is 9.58. The molecule has 0 spiro atoms. The Balaban J connectivity index is 2.18. The van der Waals surface area contributed by atoms with E-state index >= 15 is 0 Å². The van der Waals surface area contributed by atoms with E-state index in [2.05, 4.69) is 10.4 Å². The molecule has 2 rings (SSSR count). The molecule has 2 aromatic rings. The number of carbonyl (C=O) groups is 1. The molecule has 0 fully saturated rings. The minimum absolute atomic E-state index is 0.0391. The molecule has 0 aliphatic heterocycles. The maximum atomic E-state index is 11.8. The van der Waals surface area contributed by atoms with E-state index in [-0.39, 0.29) is 18.0 Å². The molecule has 0 radical (unpaired) electrons. The lowest BCUT2D eigenvalue weighted by Crippen LogP contribution is -2.32.